The maximum absolute atomic E-state index is 13.7. The summed E-state index contributed by atoms with van der Waals surface area (Å²) in [6, 6.07) is 11.3. The van der Waals surface area contributed by atoms with Crippen LogP contribution in [0, 0.1) is 0 Å². The Morgan fingerprint density at radius 2 is 1.71 bits per heavy atom. The van der Waals surface area contributed by atoms with Gasteiger partial charge in [-0.2, -0.15) is 0 Å². The van der Waals surface area contributed by atoms with Crippen LogP contribution >= 0.6 is 0 Å². The van der Waals surface area contributed by atoms with Crippen LogP contribution in [0.4, 0.5) is 0 Å². The molecule has 1 atom stereocenters. The lowest BCUT2D eigenvalue weighted by molar-refractivity contribution is -0.129. The van der Waals surface area contributed by atoms with E-state index in [0.29, 0.717) is 34.9 Å². The summed E-state index contributed by atoms with van der Waals surface area (Å²) in [5.41, 5.74) is 0.992. The van der Waals surface area contributed by atoms with Crippen molar-refractivity contribution in [1.82, 2.24) is 9.80 Å². The topological polar surface area (TPSA) is 102 Å². The number of aliphatic hydroxyl groups excluding tert-OH is 1. The normalized spacial score (nSPS) is 15.9. The molecule has 1 aromatic heterocycles. The maximum Gasteiger partial charge on any atom is 0.290 e. The van der Waals surface area contributed by atoms with Gasteiger partial charge in [0.25, 0.3) is 5.91 Å². The predicted octanol–water partition coefficient (Wildman–Crippen LogP) is 3.60. The van der Waals surface area contributed by atoms with Crippen LogP contribution in [-0.4, -0.2) is 75.1 Å². The number of nitrogens with zero attached hydrogens (tertiary/aromatic N) is 2. The van der Waals surface area contributed by atoms with Gasteiger partial charge in [0, 0.05) is 18.5 Å². The zero-order valence-electron chi connectivity index (χ0n) is 20.3. The van der Waals surface area contributed by atoms with Gasteiger partial charge in [0.1, 0.15) is 5.58 Å². The van der Waals surface area contributed by atoms with Crippen molar-refractivity contribution in [2.45, 2.75) is 6.04 Å². The summed E-state index contributed by atoms with van der Waals surface area (Å²) in [6.45, 7) is 0.792. The first-order valence-corrected chi connectivity index (χ1v) is 11.0. The molecule has 1 amide bonds. The highest BCUT2D eigenvalue weighted by Gasteiger charge is 2.45. The van der Waals surface area contributed by atoms with Gasteiger partial charge >= 0.3 is 0 Å². The van der Waals surface area contributed by atoms with Crippen LogP contribution in [0.25, 0.3) is 11.0 Å². The molecule has 0 bridgehead atoms. The molecular formula is C26H28N2O7. The Labute approximate surface area is 203 Å². The van der Waals surface area contributed by atoms with Gasteiger partial charge < -0.3 is 33.5 Å². The van der Waals surface area contributed by atoms with Crippen molar-refractivity contribution >= 4 is 22.7 Å². The third kappa shape index (κ3) is 4.30. The number of ether oxygens (including phenoxy) is 3. The number of rotatable bonds is 9. The Bertz CT molecular complexity index is 1250. The molecule has 0 fully saturated rings. The number of hydrogen-bond donors (Lipinski definition) is 1. The third-order valence-corrected chi connectivity index (χ3v) is 5.99. The van der Waals surface area contributed by atoms with Crippen LogP contribution in [-0.2, 0) is 4.79 Å². The molecule has 0 unspecified atom stereocenters. The number of likely N-dealkylation sites (N-methyl/N-ethyl adjacent to an activating group) is 1. The first kappa shape index (κ1) is 24.2. The average Bonchev–Trinajstić information content (AvgIpc) is 3.40. The number of carbonyl (C=O) groups excluding carboxylic acids is 2. The van der Waals surface area contributed by atoms with Gasteiger partial charge in [-0.3, -0.25) is 9.59 Å². The summed E-state index contributed by atoms with van der Waals surface area (Å²) in [7, 11) is 8.22. The number of hydrogen-bond acceptors (Lipinski definition) is 8. The fourth-order valence-electron chi connectivity index (χ4n) is 4.26. The van der Waals surface area contributed by atoms with Crippen molar-refractivity contribution in [3.05, 3.63) is 65.1 Å². The molecule has 184 valence electrons. The first-order valence-electron chi connectivity index (χ1n) is 11.0. The smallest absolute Gasteiger partial charge is 0.290 e. The number of aliphatic hydroxyl groups is 1. The molecule has 0 saturated carbocycles. The highest BCUT2D eigenvalue weighted by molar-refractivity contribution is 6.16. The average molecular weight is 481 g/mol. The summed E-state index contributed by atoms with van der Waals surface area (Å²) >= 11 is 0. The molecule has 0 saturated heterocycles. The van der Waals surface area contributed by atoms with Crippen molar-refractivity contribution in [2.24, 2.45) is 0 Å². The number of para-hydroxylation sites is 1. The number of amides is 1. The third-order valence-electron chi connectivity index (χ3n) is 5.99. The number of benzene rings is 2. The standard InChI is InChI=1S/C26H28N2O7/c1-27(2)10-11-28-22(16-13-19(32-3)25(34-5)20(14-16)33-4)21(24(30)26(28)31)23(29)18-12-15-8-6-7-9-17(15)35-18/h6-9,12-14,22,30H,10-11H2,1-5H3/t22-/m0/s1. The Hall–Kier alpha value is -3.98. The molecule has 9 nitrogen and oxygen atoms in total. The molecule has 3 aromatic rings. The highest BCUT2D eigenvalue weighted by Crippen LogP contribution is 2.45. The highest BCUT2D eigenvalue weighted by atomic mass is 16.5. The molecule has 1 aliphatic heterocycles. The first-order chi connectivity index (χ1) is 16.8. The van der Waals surface area contributed by atoms with Crippen molar-refractivity contribution in [3.63, 3.8) is 0 Å². The van der Waals surface area contributed by atoms with Crippen molar-refractivity contribution in [1.29, 1.82) is 0 Å². The molecule has 4 rings (SSSR count). The Morgan fingerprint density at radius 1 is 1.06 bits per heavy atom. The van der Waals surface area contributed by atoms with E-state index in [1.54, 1.807) is 30.3 Å². The minimum absolute atomic E-state index is 0.0347. The second-order valence-electron chi connectivity index (χ2n) is 8.40. The largest absolute Gasteiger partial charge is 0.503 e. The molecule has 1 aliphatic rings. The molecule has 2 heterocycles. The summed E-state index contributed by atoms with van der Waals surface area (Å²) in [4.78, 5) is 30.2. The lowest BCUT2D eigenvalue weighted by Gasteiger charge is -2.28. The number of carbonyl (C=O) groups is 2. The van der Waals surface area contributed by atoms with Gasteiger partial charge in [0.05, 0.1) is 32.9 Å². The van der Waals surface area contributed by atoms with Gasteiger partial charge in [-0.1, -0.05) is 18.2 Å². The van der Waals surface area contributed by atoms with Crippen LogP contribution in [0.5, 0.6) is 17.2 Å². The summed E-state index contributed by atoms with van der Waals surface area (Å²) in [5.74, 6) is -0.669. The van der Waals surface area contributed by atoms with Crippen molar-refractivity contribution < 1.29 is 33.3 Å². The zero-order valence-corrected chi connectivity index (χ0v) is 20.3. The Balaban J connectivity index is 1.86. The summed E-state index contributed by atoms with van der Waals surface area (Å²) < 4.78 is 22.2. The summed E-state index contributed by atoms with van der Waals surface area (Å²) in [5, 5.41) is 11.7. The minimum atomic E-state index is -0.892. The van der Waals surface area contributed by atoms with Gasteiger partial charge in [0.15, 0.2) is 23.0 Å². The van der Waals surface area contributed by atoms with E-state index in [-0.39, 0.29) is 17.9 Å². The van der Waals surface area contributed by atoms with E-state index >= 15 is 0 Å². The van der Waals surface area contributed by atoms with Gasteiger partial charge in [-0.15, -0.1) is 0 Å². The molecule has 2 aromatic carbocycles. The van der Waals surface area contributed by atoms with E-state index in [0.717, 1.165) is 5.39 Å². The lowest BCUT2D eigenvalue weighted by atomic mass is 9.94. The monoisotopic (exact) mass is 480 g/mol. The summed E-state index contributed by atoms with van der Waals surface area (Å²) in [6.07, 6.45) is 0. The lowest BCUT2D eigenvalue weighted by Crippen LogP contribution is -2.36. The molecule has 0 radical (unpaired) electrons. The van der Waals surface area contributed by atoms with Crippen LogP contribution in [0.15, 0.2) is 58.2 Å². The molecule has 9 heteroatoms. The van der Waals surface area contributed by atoms with Crippen LogP contribution < -0.4 is 14.2 Å². The van der Waals surface area contributed by atoms with Gasteiger partial charge in [-0.05, 0) is 43.9 Å². The minimum Gasteiger partial charge on any atom is -0.503 e. The zero-order chi connectivity index (χ0) is 25.3. The van der Waals surface area contributed by atoms with Crippen molar-refractivity contribution in [3.8, 4) is 17.2 Å². The number of Topliss-reactive ketones (excluding diaryl/α,β-unsaturated/α-hetero) is 1. The molecule has 1 N–H and O–H groups in total. The Morgan fingerprint density at radius 3 is 2.29 bits per heavy atom. The molecule has 0 aliphatic carbocycles. The fourth-order valence-corrected chi connectivity index (χ4v) is 4.26. The number of ketones is 1. The number of methoxy groups -OCH3 is 3. The van der Waals surface area contributed by atoms with Crippen molar-refractivity contribution in [2.75, 3.05) is 48.5 Å². The van der Waals surface area contributed by atoms with E-state index in [9.17, 15) is 14.7 Å². The van der Waals surface area contributed by atoms with Crippen LogP contribution in [0.3, 0.4) is 0 Å². The quantitative estimate of drug-likeness (QED) is 0.464. The second kappa shape index (κ2) is 9.71. The van der Waals surface area contributed by atoms with Gasteiger partial charge in [-0.25, -0.2) is 0 Å². The molecule has 0 spiro atoms. The van der Waals surface area contributed by atoms with E-state index in [2.05, 4.69) is 0 Å². The van der Waals surface area contributed by atoms with Crippen LogP contribution in [0.1, 0.15) is 22.2 Å². The number of fused-ring (bicyclic) bond motifs is 1. The number of furan rings is 1. The molecular weight excluding hydrogens is 452 g/mol. The second-order valence-corrected chi connectivity index (χ2v) is 8.40. The van der Waals surface area contributed by atoms with Crippen LogP contribution in [0.2, 0.25) is 0 Å². The maximum atomic E-state index is 13.7. The predicted molar refractivity (Wildman–Crippen MR) is 129 cm³/mol. The van der Waals surface area contributed by atoms with E-state index in [4.69, 9.17) is 18.6 Å². The molecule has 35 heavy (non-hydrogen) atoms. The fraction of sp³-hybridized carbons (Fsp3) is 0.308. The Kier molecular flexibility index (Phi) is 6.70. The van der Waals surface area contributed by atoms with Gasteiger partial charge in [0.2, 0.25) is 11.5 Å². The van der Waals surface area contributed by atoms with E-state index in [1.165, 1.54) is 26.2 Å². The SMILES string of the molecule is COc1cc([C@H]2C(C(=O)c3cc4ccccc4o3)=C(O)C(=O)N2CCN(C)C)cc(OC)c1OC. The van der Waals surface area contributed by atoms with E-state index in [1.807, 2.05) is 31.1 Å². The van der Waals surface area contributed by atoms with E-state index < -0.39 is 23.5 Å².